The van der Waals surface area contributed by atoms with Crippen LogP contribution in [-0.4, -0.2) is 13.9 Å². The Labute approximate surface area is 151 Å². The molecule has 0 N–H and O–H groups in total. The summed E-state index contributed by atoms with van der Waals surface area (Å²) in [7, 11) is 0. The topological polar surface area (TPSA) is 48.9 Å². The van der Waals surface area contributed by atoms with E-state index in [1.54, 1.807) is 9.36 Å². The van der Waals surface area contributed by atoms with Crippen molar-refractivity contribution in [2.24, 2.45) is 0 Å². The number of hydrogen-bond donors (Lipinski definition) is 0. The van der Waals surface area contributed by atoms with E-state index >= 15 is 0 Å². The standard InChI is InChI=1S/C20H33N3O2/c1-4-7-10-13-16-21-19(24)22(17-14-11-8-5-2)23(20(21)25)18-15-12-9-6-3/h4-6H,1-3,7-18H2. The van der Waals surface area contributed by atoms with Crippen molar-refractivity contribution < 1.29 is 0 Å². The van der Waals surface area contributed by atoms with Crippen LogP contribution in [0.1, 0.15) is 57.8 Å². The lowest BCUT2D eigenvalue weighted by Crippen LogP contribution is -2.29. The van der Waals surface area contributed by atoms with Crippen LogP contribution in [0.2, 0.25) is 0 Å². The molecule has 0 amide bonds. The minimum absolute atomic E-state index is 0.175. The van der Waals surface area contributed by atoms with Gasteiger partial charge in [0.25, 0.3) is 0 Å². The summed E-state index contributed by atoms with van der Waals surface area (Å²) in [6, 6.07) is 0. The van der Waals surface area contributed by atoms with E-state index in [0.29, 0.717) is 19.6 Å². The zero-order valence-electron chi connectivity index (χ0n) is 15.5. The minimum atomic E-state index is -0.175. The highest BCUT2D eigenvalue weighted by atomic mass is 16.2. The summed E-state index contributed by atoms with van der Waals surface area (Å²) in [6.07, 6.45) is 13.9. The Morgan fingerprint density at radius 2 is 0.960 bits per heavy atom. The summed E-state index contributed by atoms with van der Waals surface area (Å²) >= 11 is 0. The molecule has 140 valence electrons. The number of aromatic nitrogens is 3. The summed E-state index contributed by atoms with van der Waals surface area (Å²) in [4.78, 5) is 25.4. The number of nitrogens with zero attached hydrogens (tertiary/aromatic N) is 3. The van der Waals surface area contributed by atoms with E-state index in [2.05, 4.69) is 19.7 Å². The lowest BCUT2D eigenvalue weighted by atomic mass is 10.2. The van der Waals surface area contributed by atoms with Gasteiger partial charge in [-0.2, -0.15) is 0 Å². The highest BCUT2D eigenvalue weighted by Gasteiger charge is 2.14. The largest absolute Gasteiger partial charge is 0.347 e. The molecule has 5 nitrogen and oxygen atoms in total. The molecule has 1 aromatic rings. The van der Waals surface area contributed by atoms with Gasteiger partial charge in [-0.1, -0.05) is 18.2 Å². The zero-order chi connectivity index (χ0) is 18.5. The smallest absolute Gasteiger partial charge is 0.246 e. The number of allylic oxidation sites excluding steroid dienone is 3. The molecule has 0 aromatic carbocycles. The van der Waals surface area contributed by atoms with E-state index in [9.17, 15) is 9.59 Å². The lowest BCUT2D eigenvalue weighted by molar-refractivity contribution is 0.406. The van der Waals surface area contributed by atoms with Crippen molar-refractivity contribution in [3.8, 4) is 0 Å². The maximum absolute atomic E-state index is 12.7. The summed E-state index contributed by atoms with van der Waals surface area (Å²) in [6.45, 7) is 12.8. The molecule has 0 bridgehead atoms. The van der Waals surface area contributed by atoms with Crippen molar-refractivity contribution in [2.45, 2.75) is 77.4 Å². The normalized spacial score (nSPS) is 10.7. The van der Waals surface area contributed by atoms with Gasteiger partial charge in [0.2, 0.25) is 0 Å². The Balaban J connectivity index is 2.89. The fourth-order valence-electron chi connectivity index (χ4n) is 2.85. The van der Waals surface area contributed by atoms with E-state index in [0.717, 1.165) is 57.8 Å². The summed E-state index contributed by atoms with van der Waals surface area (Å²) in [5.74, 6) is 0. The Morgan fingerprint density at radius 3 is 1.32 bits per heavy atom. The first-order chi connectivity index (χ1) is 12.2. The molecular weight excluding hydrogens is 314 g/mol. The molecule has 0 saturated heterocycles. The number of hydrogen-bond acceptors (Lipinski definition) is 2. The van der Waals surface area contributed by atoms with Gasteiger partial charge in [0.05, 0.1) is 0 Å². The highest BCUT2D eigenvalue weighted by molar-refractivity contribution is 4.76. The molecule has 0 saturated carbocycles. The second-order valence-electron chi connectivity index (χ2n) is 6.32. The molecule has 5 heteroatoms. The molecule has 0 radical (unpaired) electrons. The number of unbranched alkanes of at least 4 members (excludes halogenated alkanes) is 6. The Bertz CT molecular complexity index is 601. The molecule has 0 atom stereocenters. The van der Waals surface area contributed by atoms with Gasteiger partial charge < -0.3 is 0 Å². The van der Waals surface area contributed by atoms with Crippen molar-refractivity contribution in [1.82, 2.24) is 13.9 Å². The van der Waals surface area contributed by atoms with Gasteiger partial charge in [-0.05, 0) is 57.8 Å². The van der Waals surface area contributed by atoms with Crippen LogP contribution in [0.5, 0.6) is 0 Å². The van der Waals surface area contributed by atoms with Crippen LogP contribution in [0.3, 0.4) is 0 Å². The number of rotatable bonds is 15. The Hall–Kier alpha value is -2.04. The van der Waals surface area contributed by atoms with Crippen LogP contribution in [0.25, 0.3) is 0 Å². The van der Waals surface area contributed by atoms with Gasteiger partial charge in [-0.3, -0.25) is 0 Å². The molecular formula is C20H33N3O2. The van der Waals surface area contributed by atoms with Gasteiger partial charge in [0.1, 0.15) is 0 Å². The summed E-state index contributed by atoms with van der Waals surface area (Å²) in [5, 5.41) is 0. The molecule has 0 aliphatic heterocycles. The molecule has 0 fully saturated rings. The molecule has 1 aromatic heterocycles. The van der Waals surface area contributed by atoms with E-state index in [1.165, 1.54) is 4.57 Å². The fourth-order valence-corrected chi connectivity index (χ4v) is 2.85. The van der Waals surface area contributed by atoms with Gasteiger partial charge in [0, 0.05) is 19.6 Å². The molecule has 0 spiro atoms. The Kier molecular flexibility index (Phi) is 10.4. The van der Waals surface area contributed by atoms with Gasteiger partial charge in [0.15, 0.2) is 0 Å². The monoisotopic (exact) mass is 347 g/mol. The van der Waals surface area contributed by atoms with Crippen molar-refractivity contribution in [3.05, 3.63) is 58.9 Å². The van der Waals surface area contributed by atoms with E-state index < -0.39 is 0 Å². The first-order valence-electron chi connectivity index (χ1n) is 9.40. The lowest BCUT2D eigenvalue weighted by Gasteiger charge is -2.08. The molecule has 0 aliphatic rings. The van der Waals surface area contributed by atoms with Crippen LogP contribution >= 0.6 is 0 Å². The summed E-state index contributed by atoms with van der Waals surface area (Å²) in [5.41, 5.74) is -0.350. The minimum Gasteiger partial charge on any atom is -0.246 e. The average Bonchev–Trinajstić information content (AvgIpc) is 2.83. The molecule has 0 unspecified atom stereocenters. The molecule has 0 aliphatic carbocycles. The third-order valence-corrected chi connectivity index (χ3v) is 4.29. The van der Waals surface area contributed by atoms with Gasteiger partial charge in [-0.15, -0.1) is 19.7 Å². The average molecular weight is 348 g/mol. The molecule has 1 rings (SSSR count). The van der Waals surface area contributed by atoms with Crippen molar-refractivity contribution >= 4 is 0 Å². The maximum Gasteiger partial charge on any atom is 0.347 e. The first kappa shape index (κ1) is 21.0. The molecule has 1 heterocycles. The van der Waals surface area contributed by atoms with Crippen molar-refractivity contribution in [1.29, 1.82) is 0 Å². The van der Waals surface area contributed by atoms with E-state index in [4.69, 9.17) is 0 Å². The van der Waals surface area contributed by atoms with Crippen molar-refractivity contribution in [3.63, 3.8) is 0 Å². The van der Waals surface area contributed by atoms with Crippen LogP contribution in [0, 0.1) is 0 Å². The van der Waals surface area contributed by atoms with Crippen LogP contribution in [0.4, 0.5) is 0 Å². The van der Waals surface area contributed by atoms with Crippen LogP contribution < -0.4 is 11.4 Å². The third-order valence-electron chi connectivity index (χ3n) is 4.29. The first-order valence-corrected chi connectivity index (χ1v) is 9.40. The SMILES string of the molecule is C=CCCCCn1c(=O)n(CCCCC=C)n(CCCCC=C)c1=O. The van der Waals surface area contributed by atoms with Crippen LogP contribution in [0.15, 0.2) is 47.6 Å². The predicted octanol–water partition coefficient (Wildman–Crippen LogP) is 3.88. The highest BCUT2D eigenvalue weighted by Crippen LogP contribution is 2.02. The van der Waals surface area contributed by atoms with E-state index in [1.807, 2.05) is 18.2 Å². The zero-order valence-corrected chi connectivity index (χ0v) is 15.5. The maximum atomic E-state index is 12.7. The van der Waals surface area contributed by atoms with Gasteiger partial charge in [-0.25, -0.2) is 23.5 Å². The Morgan fingerprint density at radius 1 is 0.600 bits per heavy atom. The predicted molar refractivity (Wildman–Crippen MR) is 105 cm³/mol. The van der Waals surface area contributed by atoms with Crippen molar-refractivity contribution in [2.75, 3.05) is 0 Å². The van der Waals surface area contributed by atoms with Crippen LogP contribution in [-0.2, 0) is 19.6 Å². The quantitative estimate of drug-likeness (QED) is 0.357. The van der Waals surface area contributed by atoms with E-state index in [-0.39, 0.29) is 11.4 Å². The second-order valence-corrected chi connectivity index (χ2v) is 6.32. The van der Waals surface area contributed by atoms with Gasteiger partial charge >= 0.3 is 11.4 Å². The third kappa shape index (κ3) is 6.77. The second kappa shape index (κ2) is 12.3. The molecule has 25 heavy (non-hydrogen) atoms. The summed E-state index contributed by atoms with van der Waals surface area (Å²) < 4.78 is 4.66. The fraction of sp³-hybridized carbons (Fsp3) is 0.600.